The highest BCUT2D eigenvalue weighted by atomic mass is 16.5. The summed E-state index contributed by atoms with van der Waals surface area (Å²) >= 11 is 0. The number of nitrogens with one attached hydrogen (secondary N) is 1. The van der Waals surface area contributed by atoms with Gasteiger partial charge in [-0.2, -0.15) is 0 Å². The van der Waals surface area contributed by atoms with E-state index in [9.17, 15) is 9.59 Å². The molecule has 0 fully saturated rings. The number of H-pyrrole nitrogens is 1. The number of hydrogen-bond donors (Lipinski definition) is 1. The number of hydrogen-bond acceptors (Lipinski definition) is 4. The summed E-state index contributed by atoms with van der Waals surface area (Å²) in [6.45, 7) is 1.34. The van der Waals surface area contributed by atoms with E-state index in [0.717, 1.165) is 0 Å². The molecule has 0 amide bonds. The Kier molecular flexibility index (Phi) is 2.44. The summed E-state index contributed by atoms with van der Waals surface area (Å²) in [6.07, 6.45) is 1.40. The van der Waals surface area contributed by atoms with Gasteiger partial charge in [-0.15, -0.1) is 0 Å². The van der Waals surface area contributed by atoms with Gasteiger partial charge in [0.2, 0.25) is 11.3 Å². The van der Waals surface area contributed by atoms with Gasteiger partial charge in [0, 0.05) is 12.3 Å². The van der Waals surface area contributed by atoms with Gasteiger partial charge in [0.05, 0.1) is 18.2 Å². The molecule has 0 saturated heterocycles. The first-order valence-corrected chi connectivity index (χ1v) is 4.71. The Bertz CT molecular complexity index is 616. The second-order valence-electron chi connectivity index (χ2n) is 3.34. The summed E-state index contributed by atoms with van der Waals surface area (Å²) in [7, 11) is 1.47. The maximum Gasteiger partial charge on any atom is 0.218 e. The van der Waals surface area contributed by atoms with Gasteiger partial charge in [0.25, 0.3) is 0 Å². The molecule has 0 saturated carbocycles. The summed E-state index contributed by atoms with van der Waals surface area (Å²) in [5.41, 5.74) is 0.524. The van der Waals surface area contributed by atoms with Gasteiger partial charge in [-0.05, 0) is 13.0 Å². The number of methoxy groups -OCH3 is 1. The fourth-order valence-electron chi connectivity index (χ4n) is 1.45. The zero-order valence-electron chi connectivity index (χ0n) is 8.90. The standard InChI is InChI=1S/C11H10N2O3/c1-6(14)7-5-12-8-3-4-9(16-2)13-10(8)11(7)15/h3-5H,1-2H3,(H,12,15). The lowest BCUT2D eigenvalue weighted by Crippen LogP contribution is -2.14. The molecular formula is C11H10N2O3. The van der Waals surface area contributed by atoms with E-state index in [-0.39, 0.29) is 22.3 Å². The van der Waals surface area contributed by atoms with E-state index in [0.29, 0.717) is 11.4 Å². The van der Waals surface area contributed by atoms with Crippen LogP contribution in [0, 0.1) is 0 Å². The van der Waals surface area contributed by atoms with Gasteiger partial charge in [0.15, 0.2) is 5.78 Å². The molecule has 0 aromatic carbocycles. The van der Waals surface area contributed by atoms with Crippen molar-refractivity contribution in [3.8, 4) is 5.88 Å². The largest absolute Gasteiger partial charge is 0.481 e. The summed E-state index contributed by atoms with van der Waals surface area (Å²) < 4.78 is 4.93. The zero-order chi connectivity index (χ0) is 11.7. The highest BCUT2D eigenvalue weighted by molar-refractivity contribution is 5.96. The summed E-state index contributed by atoms with van der Waals surface area (Å²) in [6, 6.07) is 3.33. The van der Waals surface area contributed by atoms with Crippen molar-refractivity contribution in [1.29, 1.82) is 0 Å². The maximum absolute atomic E-state index is 11.9. The van der Waals surface area contributed by atoms with E-state index in [2.05, 4.69) is 9.97 Å². The quantitative estimate of drug-likeness (QED) is 0.767. The van der Waals surface area contributed by atoms with Crippen LogP contribution >= 0.6 is 0 Å². The fourth-order valence-corrected chi connectivity index (χ4v) is 1.45. The van der Waals surface area contributed by atoms with Crippen LogP contribution in [0.4, 0.5) is 0 Å². The van der Waals surface area contributed by atoms with Crippen molar-refractivity contribution >= 4 is 16.8 Å². The number of pyridine rings is 2. The minimum atomic E-state index is -0.375. The van der Waals surface area contributed by atoms with Gasteiger partial charge < -0.3 is 9.72 Å². The molecule has 5 nitrogen and oxygen atoms in total. The van der Waals surface area contributed by atoms with Crippen molar-refractivity contribution in [2.24, 2.45) is 0 Å². The number of Topliss-reactive ketones (excluding diaryl/α,β-unsaturated/α-hetero) is 1. The first kappa shape index (κ1) is 10.4. The number of fused-ring (bicyclic) bond motifs is 1. The number of nitrogens with zero attached hydrogens (tertiary/aromatic N) is 1. The molecule has 16 heavy (non-hydrogen) atoms. The van der Waals surface area contributed by atoms with E-state index in [1.54, 1.807) is 12.1 Å². The summed E-state index contributed by atoms with van der Waals surface area (Å²) in [5, 5.41) is 0. The average molecular weight is 218 g/mol. The van der Waals surface area contributed by atoms with Gasteiger partial charge in [-0.25, -0.2) is 4.98 Å². The van der Waals surface area contributed by atoms with Crippen LogP contribution in [0.2, 0.25) is 0 Å². The van der Waals surface area contributed by atoms with E-state index >= 15 is 0 Å². The van der Waals surface area contributed by atoms with Gasteiger partial charge in [0.1, 0.15) is 5.52 Å². The highest BCUT2D eigenvalue weighted by Crippen LogP contribution is 2.11. The van der Waals surface area contributed by atoms with Crippen LogP contribution in [0.1, 0.15) is 17.3 Å². The molecule has 0 bridgehead atoms. The molecule has 2 aromatic rings. The Hall–Kier alpha value is -2.17. The van der Waals surface area contributed by atoms with Crippen LogP contribution in [0.3, 0.4) is 0 Å². The summed E-state index contributed by atoms with van der Waals surface area (Å²) in [4.78, 5) is 29.9. The molecule has 2 aromatic heterocycles. The average Bonchev–Trinajstić information content (AvgIpc) is 2.28. The number of carbonyl (C=O) groups is 1. The minimum Gasteiger partial charge on any atom is -0.481 e. The van der Waals surface area contributed by atoms with Crippen molar-refractivity contribution in [3.05, 3.63) is 34.1 Å². The third-order valence-corrected chi connectivity index (χ3v) is 2.29. The Labute approximate surface area is 91.1 Å². The fraction of sp³-hybridized carbons (Fsp3) is 0.182. The smallest absolute Gasteiger partial charge is 0.218 e. The maximum atomic E-state index is 11.9. The molecule has 82 valence electrons. The lowest BCUT2D eigenvalue weighted by Gasteiger charge is -2.02. The Morgan fingerprint density at radius 3 is 2.81 bits per heavy atom. The molecule has 0 unspecified atom stereocenters. The topological polar surface area (TPSA) is 72.1 Å². The van der Waals surface area contributed by atoms with E-state index < -0.39 is 0 Å². The number of aromatic amines is 1. The Morgan fingerprint density at radius 2 is 2.19 bits per heavy atom. The van der Waals surface area contributed by atoms with Crippen molar-refractivity contribution in [2.75, 3.05) is 7.11 Å². The van der Waals surface area contributed by atoms with Crippen molar-refractivity contribution in [2.45, 2.75) is 6.92 Å². The number of ether oxygens (including phenoxy) is 1. The highest BCUT2D eigenvalue weighted by Gasteiger charge is 2.10. The minimum absolute atomic E-state index is 0.105. The molecule has 0 aliphatic carbocycles. The molecule has 1 N–H and O–H groups in total. The van der Waals surface area contributed by atoms with Gasteiger partial charge >= 0.3 is 0 Å². The number of rotatable bonds is 2. The molecule has 0 atom stereocenters. The van der Waals surface area contributed by atoms with Gasteiger partial charge in [-0.3, -0.25) is 9.59 Å². The van der Waals surface area contributed by atoms with Crippen LogP contribution in [0.5, 0.6) is 5.88 Å². The number of carbonyl (C=O) groups excluding carboxylic acids is 1. The van der Waals surface area contributed by atoms with Gasteiger partial charge in [-0.1, -0.05) is 0 Å². The van der Waals surface area contributed by atoms with Crippen LogP contribution in [-0.2, 0) is 0 Å². The van der Waals surface area contributed by atoms with Crippen molar-refractivity contribution in [3.63, 3.8) is 0 Å². The number of aromatic nitrogens is 2. The second-order valence-corrected chi connectivity index (χ2v) is 3.34. The lowest BCUT2D eigenvalue weighted by molar-refractivity contribution is 0.101. The van der Waals surface area contributed by atoms with Crippen LogP contribution in [0.15, 0.2) is 23.1 Å². The molecule has 2 heterocycles. The SMILES string of the molecule is COc1ccc2[nH]cc(C(C)=O)c(=O)c2n1. The van der Waals surface area contributed by atoms with E-state index in [4.69, 9.17) is 4.74 Å². The number of ketones is 1. The Balaban J connectivity index is 2.81. The van der Waals surface area contributed by atoms with Crippen LogP contribution in [0.25, 0.3) is 11.0 Å². The Morgan fingerprint density at radius 1 is 1.44 bits per heavy atom. The lowest BCUT2D eigenvalue weighted by atomic mass is 10.2. The zero-order valence-corrected chi connectivity index (χ0v) is 8.90. The van der Waals surface area contributed by atoms with Crippen molar-refractivity contribution in [1.82, 2.24) is 9.97 Å². The molecule has 0 radical (unpaired) electrons. The second kappa shape index (κ2) is 3.77. The molecule has 2 rings (SSSR count). The predicted molar refractivity (Wildman–Crippen MR) is 58.9 cm³/mol. The van der Waals surface area contributed by atoms with Crippen LogP contribution < -0.4 is 10.2 Å². The molecule has 0 spiro atoms. The van der Waals surface area contributed by atoms with E-state index in [1.807, 2.05) is 0 Å². The monoisotopic (exact) mass is 218 g/mol. The molecule has 0 aliphatic rings. The van der Waals surface area contributed by atoms with Crippen molar-refractivity contribution < 1.29 is 9.53 Å². The molecule has 0 aliphatic heterocycles. The molecular weight excluding hydrogens is 208 g/mol. The first-order valence-electron chi connectivity index (χ1n) is 4.71. The predicted octanol–water partition coefficient (Wildman–Crippen LogP) is 1.13. The normalized spacial score (nSPS) is 10.4. The van der Waals surface area contributed by atoms with Crippen LogP contribution in [-0.4, -0.2) is 22.9 Å². The molecule has 5 heteroatoms. The first-order chi connectivity index (χ1) is 7.63. The van der Waals surface area contributed by atoms with E-state index in [1.165, 1.54) is 20.2 Å². The summed E-state index contributed by atoms with van der Waals surface area (Å²) in [5.74, 6) is 0.0615. The third kappa shape index (κ3) is 1.56. The third-order valence-electron chi connectivity index (χ3n) is 2.29.